The predicted molar refractivity (Wildman–Crippen MR) is 150 cm³/mol. The molecular formula is C30H46OSSi. The fourth-order valence-electron chi connectivity index (χ4n) is 4.69. The van der Waals surface area contributed by atoms with Crippen LogP contribution in [0.5, 0.6) is 0 Å². The van der Waals surface area contributed by atoms with Crippen LogP contribution in [0.3, 0.4) is 0 Å². The van der Waals surface area contributed by atoms with E-state index in [0.29, 0.717) is 0 Å². The van der Waals surface area contributed by atoms with Crippen molar-refractivity contribution in [3.63, 3.8) is 0 Å². The Balaban J connectivity index is 1.67. The lowest BCUT2D eigenvalue weighted by Crippen LogP contribution is -2.41. The molecule has 0 bridgehead atoms. The summed E-state index contributed by atoms with van der Waals surface area (Å²) < 4.78 is 6.94. The van der Waals surface area contributed by atoms with Crippen LogP contribution in [0, 0.1) is 5.92 Å². The van der Waals surface area contributed by atoms with Crippen LogP contribution in [0.1, 0.15) is 101 Å². The van der Waals surface area contributed by atoms with E-state index in [2.05, 4.69) is 88.6 Å². The minimum atomic E-state index is -1.81. The number of hydrogen-bond donors (Lipinski definition) is 0. The first-order valence-electron chi connectivity index (χ1n) is 13.2. The third kappa shape index (κ3) is 7.41. The zero-order valence-electron chi connectivity index (χ0n) is 22.0. The first-order valence-corrected chi connectivity index (χ1v) is 17.0. The summed E-state index contributed by atoms with van der Waals surface area (Å²) in [6.07, 6.45) is 14.0. The highest BCUT2D eigenvalue weighted by molar-refractivity contribution is 7.09. The number of rotatable bonds is 12. The Morgan fingerprint density at radius 3 is 2.45 bits per heavy atom. The number of thiophene rings is 1. The van der Waals surface area contributed by atoms with Gasteiger partial charge in [0.25, 0.3) is 0 Å². The maximum Gasteiger partial charge on any atom is 0.192 e. The van der Waals surface area contributed by atoms with E-state index in [0.717, 1.165) is 12.3 Å². The highest BCUT2D eigenvalue weighted by Gasteiger charge is 2.39. The second-order valence-corrected chi connectivity index (χ2v) is 17.2. The van der Waals surface area contributed by atoms with Gasteiger partial charge in [-0.2, -0.15) is 0 Å². The highest BCUT2D eigenvalue weighted by Crippen LogP contribution is 2.42. The van der Waals surface area contributed by atoms with E-state index in [1.54, 1.807) is 5.57 Å². The Morgan fingerprint density at radius 2 is 1.82 bits per heavy atom. The topological polar surface area (TPSA) is 9.23 Å². The van der Waals surface area contributed by atoms with Crippen molar-refractivity contribution < 1.29 is 4.43 Å². The monoisotopic (exact) mass is 482 g/mol. The molecule has 3 heteroatoms. The van der Waals surface area contributed by atoms with Crippen LogP contribution in [0.2, 0.25) is 18.1 Å². The molecule has 1 aromatic carbocycles. The van der Waals surface area contributed by atoms with Crippen molar-refractivity contribution in [2.75, 3.05) is 0 Å². The van der Waals surface area contributed by atoms with E-state index in [1.165, 1.54) is 67.4 Å². The lowest BCUT2D eigenvalue weighted by atomic mass is 9.89. The molecule has 1 aromatic heterocycles. The molecule has 1 heterocycles. The van der Waals surface area contributed by atoms with Gasteiger partial charge in [-0.05, 0) is 90.7 Å². The maximum atomic E-state index is 6.94. The Bertz CT molecular complexity index is 858. The van der Waals surface area contributed by atoms with Crippen molar-refractivity contribution in [3.8, 4) is 0 Å². The van der Waals surface area contributed by atoms with Gasteiger partial charge in [0.2, 0.25) is 0 Å². The molecule has 1 nitrogen and oxygen atoms in total. The largest absolute Gasteiger partial charge is 0.410 e. The molecule has 0 spiro atoms. The molecule has 0 fully saturated rings. The van der Waals surface area contributed by atoms with E-state index in [4.69, 9.17) is 4.43 Å². The molecule has 2 aromatic rings. The van der Waals surface area contributed by atoms with Crippen LogP contribution in [-0.4, -0.2) is 8.32 Å². The molecule has 3 rings (SSSR count). The Morgan fingerprint density at radius 1 is 1.06 bits per heavy atom. The second kappa shape index (κ2) is 12.0. The molecular weight excluding hydrogens is 436 g/mol. The molecule has 0 N–H and O–H groups in total. The Kier molecular flexibility index (Phi) is 9.61. The van der Waals surface area contributed by atoms with Crippen molar-refractivity contribution in [2.45, 2.75) is 110 Å². The molecule has 33 heavy (non-hydrogen) atoms. The zero-order valence-corrected chi connectivity index (χ0v) is 23.8. The van der Waals surface area contributed by atoms with Gasteiger partial charge in [0, 0.05) is 4.88 Å². The zero-order chi connectivity index (χ0) is 23.9. The number of unbranched alkanes of at least 4 members (excludes halogenated alkanes) is 2. The molecule has 182 valence electrons. The highest BCUT2D eigenvalue weighted by atomic mass is 32.1. The maximum absolute atomic E-state index is 6.94. The molecule has 2 atom stereocenters. The van der Waals surface area contributed by atoms with Gasteiger partial charge in [0.1, 0.15) is 0 Å². The van der Waals surface area contributed by atoms with E-state index in [-0.39, 0.29) is 11.1 Å². The predicted octanol–water partition coefficient (Wildman–Crippen LogP) is 10.2. The summed E-state index contributed by atoms with van der Waals surface area (Å²) in [7, 11) is -1.81. The summed E-state index contributed by atoms with van der Waals surface area (Å²) in [4.78, 5) is 1.53. The Labute approximate surface area is 208 Å². The summed E-state index contributed by atoms with van der Waals surface area (Å²) in [5.74, 6) is 0.722. The number of aryl methyl sites for hydroxylation is 1. The average Bonchev–Trinajstić information content (AvgIpc) is 3.45. The van der Waals surface area contributed by atoms with Gasteiger partial charge in [0.15, 0.2) is 8.32 Å². The first kappa shape index (κ1) is 26.4. The number of benzene rings is 1. The minimum absolute atomic E-state index is 0.227. The van der Waals surface area contributed by atoms with Crippen LogP contribution in [0.15, 0.2) is 47.9 Å². The molecule has 1 aliphatic rings. The lowest BCUT2D eigenvalue weighted by molar-refractivity contribution is 0.170. The van der Waals surface area contributed by atoms with Gasteiger partial charge in [0.05, 0.1) is 6.10 Å². The lowest BCUT2D eigenvalue weighted by Gasteiger charge is -2.39. The molecule has 0 amide bonds. The van der Waals surface area contributed by atoms with Gasteiger partial charge in [-0.15, -0.1) is 11.3 Å². The number of allylic oxidation sites excluding steroid dienone is 2. The van der Waals surface area contributed by atoms with Crippen molar-refractivity contribution >= 4 is 25.2 Å². The minimum Gasteiger partial charge on any atom is -0.410 e. The summed E-state index contributed by atoms with van der Waals surface area (Å²) in [5, 5.41) is 2.43. The average molecular weight is 483 g/mol. The Hall–Kier alpha value is -1.16. The smallest absolute Gasteiger partial charge is 0.192 e. The molecule has 0 saturated carbocycles. The van der Waals surface area contributed by atoms with Crippen molar-refractivity contribution in [1.82, 2.24) is 0 Å². The van der Waals surface area contributed by atoms with Gasteiger partial charge in [-0.25, -0.2) is 0 Å². The summed E-state index contributed by atoms with van der Waals surface area (Å²) in [5.41, 5.74) is 4.38. The van der Waals surface area contributed by atoms with Gasteiger partial charge in [-0.3, -0.25) is 0 Å². The first-order chi connectivity index (χ1) is 15.7. The van der Waals surface area contributed by atoms with E-state index >= 15 is 0 Å². The van der Waals surface area contributed by atoms with Crippen LogP contribution in [0.25, 0.3) is 5.57 Å². The summed E-state index contributed by atoms with van der Waals surface area (Å²) in [6.45, 7) is 14.1. The number of hydrogen-bond acceptors (Lipinski definition) is 2. The third-order valence-corrected chi connectivity index (χ3v) is 13.2. The summed E-state index contributed by atoms with van der Waals surface area (Å²) >= 11 is 1.90. The molecule has 0 saturated heterocycles. The van der Waals surface area contributed by atoms with Crippen molar-refractivity contribution in [3.05, 3.63) is 63.9 Å². The van der Waals surface area contributed by atoms with Gasteiger partial charge < -0.3 is 4.43 Å². The fraction of sp³-hybridized carbons (Fsp3) is 0.600. The standard InChI is InChI=1S/C30H46OSSi/c1-7-8-9-18-29(31-33(5,6)30(2,3)4)26-21-19-25(20-22-26)28-17-11-14-24(28)13-10-15-27-16-12-23-32-27/h12,16-17,19-24,29H,7-11,13-15,18H2,1-6H3/t24?,29-/m0/s1. The second-order valence-electron chi connectivity index (χ2n) is 11.4. The molecule has 0 aliphatic heterocycles. The van der Waals surface area contributed by atoms with Gasteiger partial charge >= 0.3 is 0 Å². The van der Waals surface area contributed by atoms with Crippen molar-refractivity contribution in [2.24, 2.45) is 5.92 Å². The molecule has 1 unspecified atom stereocenters. The van der Waals surface area contributed by atoms with Crippen molar-refractivity contribution in [1.29, 1.82) is 0 Å². The summed E-state index contributed by atoms with van der Waals surface area (Å²) in [6, 6.07) is 13.9. The molecule has 0 radical (unpaired) electrons. The van der Waals surface area contributed by atoms with Crippen LogP contribution >= 0.6 is 11.3 Å². The molecule has 1 aliphatic carbocycles. The van der Waals surface area contributed by atoms with E-state index in [1.807, 2.05) is 11.3 Å². The quantitative estimate of drug-likeness (QED) is 0.216. The normalized spacial score (nSPS) is 17.9. The fourth-order valence-corrected chi connectivity index (χ4v) is 6.76. The third-order valence-electron chi connectivity index (χ3n) is 7.80. The van der Waals surface area contributed by atoms with Crippen LogP contribution in [0.4, 0.5) is 0 Å². The van der Waals surface area contributed by atoms with Gasteiger partial charge in [-0.1, -0.05) is 83.4 Å². The van der Waals surface area contributed by atoms with Crippen LogP contribution in [-0.2, 0) is 10.8 Å². The van der Waals surface area contributed by atoms with E-state index < -0.39 is 8.32 Å². The van der Waals surface area contributed by atoms with Crippen LogP contribution < -0.4 is 0 Å². The SMILES string of the molecule is CCCCC[C@H](O[Si](C)(C)C(C)(C)C)c1ccc(C2=CCCC2CCCc2cccs2)cc1. The van der Waals surface area contributed by atoms with E-state index in [9.17, 15) is 0 Å².